The lowest BCUT2D eigenvalue weighted by molar-refractivity contribution is -0.164. The summed E-state index contributed by atoms with van der Waals surface area (Å²) in [5.41, 5.74) is -0.276. The number of esters is 3. The van der Waals surface area contributed by atoms with Crippen LogP contribution in [0.2, 0.25) is 0 Å². The molecular weight excluding hydrogens is 328 g/mol. The van der Waals surface area contributed by atoms with Gasteiger partial charge in [-0.25, -0.2) is 4.79 Å². The van der Waals surface area contributed by atoms with Gasteiger partial charge in [-0.1, -0.05) is 18.2 Å². The summed E-state index contributed by atoms with van der Waals surface area (Å²) >= 11 is 0. The molecule has 1 heterocycles. The van der Waals surface area contributed by atoms with Crippen LogP contribution in [0.4, 0.5) is 0 Å². The minimum absolute atomic E-state index is 0.106. The van der Waals surface area contributed by atoms with Crippen LogP contribution in [0.1, 0.15) is 30.6 Å². The molecule has 1 saturated heterocycles. The molecule has 2 unspecified atom stereocenters. The Morgan fingerprint density at radius 2 is 1.80 bits per heavy atom. The first-order valence-corrected chi connectivity index (χ1v) is 8.13. The van der Waals surface area contributed by atoms with Crippen molar-refractivity contribution in [1.82, 2.24) is 0 Å². The van der Waals surface area contributed by atoms with Crippen molar-refractivity contribution in [3.63, 3.8) is 0 Å². The Bertz CT molecular complexity index is 671. The van der Waals surface area contributed by atoms with Crippen molar-refractivity contribution in [3.8, 4) is 0 Å². The molecule has 1 aliphatic heterocycles. The monoisotopic (exact) mass is 348 g/mol. The highest BCUT2D eigenvalue weighted by Crippen LogP contribution is 2.55. The molecular formula is C18H20O7. The SMILES string of the molecule is CC(=O)OC1CO[C@]2(C[C@H]2COC(=O)c2ccccc2)C1OC(C)=O. The van der Waals surface area contributed by atoms with Gasteiger partial charge in [-0.05, 0) is 18.6 Å². The first kappa shape index (κ1) is 17.4. The quantitative estimate of drug-likeness (QED) is 0.588. The summed E-state index contributed by atoms with van der Waals surface area (Å²) in [6.07, 6.45) is -0.754. The fourth-order valence-corrected chi connectivity index (χ4v) is 3.27. The predicted octanol–water partition coefficient (Wildman–Crippen LogP) is 1.50. The molecule has 7 heteroatoms. The van der Waals surface area contributed by atoms with Gasteiger partial charge in [-0.15, -0.1) is 0 Å². The zero-order valence-corrected chi connectivity index (χ0v) is 14.1. The van der Waals surface area contributed by atoms with E-state index in [1.54, 1.807) is 24.3 Å². The van der Waals surface area contributed by atoms with Crippen LogP contribution in [-0.4, -0.2) is 48.9 Å². The minimum atomic E-state index is -0.747. The Morgan fingerprint density at radius 3 is 2.44 bits per heavy atom. The molecule has 0 bridgehead atoms. The summed E-state index contributed by atoms with van der Waals surface area (Å²) in [5.74, 6) is -1.46. The second-order valence-electron chi connectivity index (χ2n) is 6.31. The standard InChI is InChI=1S/C18H20O7/c1-11(19)24-15-10-23-18(16(15)25-12(2)20)8-14(18)9-22-17(21)13-6-4-3-5-7-13/h3-7,14-16H,8-10H2,1-2H3/t14-,15?,16?,18-/m0/s1. The van der Waals surface area contributed by atoms with Gasteiger partial charge in [0.2, 0.25) is 0 Å². The third-order valence-electron chi connectivity index (χ3n) is 4.47. The Balaban J connectivity index is 1.61. The number of hydrogen-bond acceptors (Lipinski definition) is 7. The van der Waals surface area contributed by atoms with Gasteiger partial charge < -0.3 is 18.9 Å². The van der Waals surface area contributed by atoms with Gasteiger partial charge in [-0.2, -0.15) is 0 Å². The van der Waals surface area contributed by atoms with E-state index in [1.807, 2.05) is 6.07 Å². The fourth-order valence-electron chi connectivity index (χ4n) is 3.27. The summed E-state index contributed by atoms with van der Waals surface area (Å²) in [6, 6.07) is 8.69. The Hall–Kier alpha value is -2.41. The van der Waals surface area contributed by atoms with E-state index >= 15 is 0 Å². The summed E-state index contributed by atoms with van der Waals surface area (Å²) in [6.45, 7) is 2.89. The second-order valence-corrected chi connectivity index (χ2v) is 6.31. The van der Waals surface area contributed by atoms with Gasteiger partial charge in [0, 0.05) is 19.8 Å². The van der Waals surface area contributed by atoms with E-state index in [1.165, 1.54) is 13.8 Å². The third kappa shape index (κ3) is 3.66. The number of rotatable bonds is 5. The normalized spacial score (nSPS) is 29.9. The van der Waals surface area contributed by atoms with Gasteiger partial charge in [0.25, 0.3) is 0 Å². The highest BCUT2D eigenvalue weighted by molar-refractivity contribution is 5.89. The molecule has 7 nitrogen and oxygen atoms in total. The first-order valence-electron chi connectivity index (χ1n) is 8.13. The molecule has 25 heavy (non-hydrogen) atoms. The van der Waals surface area contributed by atoms with Crippen molar-refractivity contribution in [3.05, 3.63) is 35.9 Å². The van der Waals surface area contributed by atoms with Crippen molar-refractivity contribution in [2.24, 2.45) is 5.92 Å². The topological polar surface area (TPSA) is 88.1 Å². The number of carbonyl (C=O) groups is 3. The van der Waals surface area contributed by atoms with E-state index in [-0.39, 0.29) is 19.1 Å². The lowest BCUT2D eigenvalue weighted by atomic mass is 10.1. The van der Waals surface area contributed by atoms with Gasteiger partial charge >= 0.3 is 17.9 Å². The van der Waals surface area contributed by atoms with E-state index in [9.17, 15) is 14.4 Å². The molecule has 3 rings (SSSR count). The molecule has 134 valence electrons. The molecule has 1 spiro atoms. The molecule has 0 radical (unpaired) electrons. The minimum Gasteiger partial charge on any atom is -0.462 e. The van der Waals surface area contributed by atoms with Crippen LogP contribution >= 0.6 is 0 Å². The van der Waals surface area contributed by atoms with Crippen LogP contribution in [0.5, 0.6) is 0 Å². The lowest BCUT2D eigenvalue weighted by Crippen LogP contribution is -2.40. The predicted molar refractivity (Wildman–Crippen MR) is 84.6 cm³/mol. The van der Waals surface area contributed by atoms with E-state index in [0.29, 0.717) is 12.0 Å². The van der Waals surface area contributed by atoms with Crippen molar-refractivity contribution in [1.29, 1.82) is 0 Å². The number of benzene rings is 1. The molecule has 2 fully saturated rings. The number of carbonyl (C=O) groups excluding carboxylic acids is 3. The average Bonchev–Trinajstić information content (AvgIpc) is 3.19. The maximum atomic E-state index is 12.0. The number of hydrogen-bond donors (Lipinski definition) is 0. The molecule has 1 saturated carbocycles. The molecule has 1 aromatic carbocycles. The largest absolute Gasteiger partial charge is 0.462 e. The van der Waals surface area contributed by atoms with E-state index in [4.69, 9.17) is 18.9 Å². The molecule has 1 aliphatic carbocycles. The smallest absolute Gasteiger partial charge is 0.338 e. The maximum Gasteiger partial charge on any atom is 0.338 e. The molecule has 2 aliphatic rings. The van der Waals surface area contributed by atoms with Crippen LogP contribution < -0.4 is 0 Å². The van der Waals surface area contributed by atoms with Gasteiger partial charge in [-0.3, -0.25) is 9.59 Å². The molecule has 0 amide bonds. The fraction of sp³-hybridized carbons (Fsp3) is 0.500. The van der Waals surface area contributed by atoms with Crippen molar-refractivity contribution >= 4 is 17.9 Å². The molecule has 4 atom stereocenters. The summed E-state index contributed by atoms with van der Waals surface area (Å²) in [5, 5.41) is 0. The first-order chi connectivity index (χ1) is 11.9. The Morgan fingerprint density at radius 1 is 1.12 bits per heavy atom. The average molecular weight is 348 g/mol. The Labute approximate surface area is 145 Å². The molecule has 1 aromatic rings. The summed E-state index contributed by atoms with van der Waals surface area (Å²) < 4.78 is 21.7. The molecule has 0 N–H and O–H groups in total. The van der Waals surface area contributed by atoms with E-state index in [0.717, 1.165) is 0 Å². The van der Waals surface area contributed by atoms with Crippen LogP contribution in [0.15, 0.2) is 30.3 Å². The van der Waals surface area contributed by atoms with Crippen LogP contribution in [-0.2, 0) is 28.5 Å². The zero-order valence-electron chi connectivity index (χ0n) is 14.1. The third-order valence-corrected chi connectivity index (χ3v) is 4.47. The highest BCUT2D eigenvalue weighted by Gasteiger charge is 2.69. The maximum absolute atomic E-state index is 12.0. The lowest BCUT2D eigenvalue weighted by Gasteiger charge is -2.22. The zero-order chi connectivity index (χ0) is 18.0. The van der Waals surface area contributed by atoms with Crippen molar-refractivity contribution < 1.29 is 33.3 Å². The number of ether oxygens (including phenoxy) is 4. The summed E-state index contributed by atoms with van der Waals surface area (Å²) in [4.78, 5) is 34.7. The van der Waals surface area contributed by atoms with Crippen LogP contribution in [0.3, 0.4) is 0 Å². The highest BCUT2D eigenvalue weighted by atomic mass is 16.6. The van der Waals surface area contributed by atoms with Gasteiger partial charge in [0.05, 0.1) is 18.8 Å². The van der Waals surface area contributed by atoms with Crippen LogP contribution in [0, 0.1) is 5.92 Å². The summed E-state index contributed by atoms with van der Waals surface area (Å²) in [7, 11) is 0. The van der Waals surface area contributed by atoms with E-state index in [2.05, 4.69) is 0 Å². The van der Waals surface area contributed by atoms with Gasteiger partial charge in [0.15, 0.2) is 12.2 Å². The second kappa shape index (κ2) is 6.84. The Kier molecular flexibility index (Phi) is 4.76. The van der Waals surface area contributed by atoms with Crippen molar-refractivity contribution in [2.45, 2.75) is 38.1 Å². The van der Waals surface area contributed by atoms with Crippen molar-refractivity contribution in [2.75, 3.05) is 13.2 Å². The van der Waals surface area contributed by atoms with E-state index < -0.39 is 35.7 Å². The molecule has 0 aromatic heterocycles. The van der Waals surface area contributed by atoms with Crippen LogP contribution in [0.25, 0.3) is 0 Å². The van der Waals surface area contributed by atoms with Gasteiger partial charge in [0.1, 0.15) is 5.60 Å².